The zero-order valence-electron chi connectivity index (χ0n) is 21.2. The third-order valence-corrected chi connectivity index (χ3v) is 6.68. The highest BCUT2D eigenvalue weighted by molar-refractivity contribution is 5.88. The van der Waals surface area contributed by atoms with Gasteiger partial charge in [-0.05, 0) is 73.4 Å². The molecule has 0 saturated carbocycles. The molecular formula is C30H42N2. The topological polar surface area (TPSA) is 16.1 Å². The molecule has 2 heteroatoms. The molecule has 0 aliphatic carbocycles. The minimum absolute atomic E-state index is 0.380. The Labute approximate surface area is 196 Å². The van der Waals surface area contributed by atoms with Gasteiger partial charge in [0.05, 0.1) is 11.7 Å². The number of benzene rings is 1. The second-order valence-corrected chi connectivity index (χ2v) is 9.21. The third kappa shape index (κ3) is 4.85. The lowest BCUT2D eigenvalue weighted by molar-refractivity contribution is 0.601. The average molecular weight is 431 g/mol. The standard InChI is InChI=1S/C30H42N2/c1-7-14-25-26(15-8-2)28(17-10-4)32(30-23(6)19-13-21-31-30)29(27(25)16-9-3)24-20-12-11-18-22(24)5/h11-13,18-21,28H,7-10,14-17H2,1-6H3. The third-order valence-electron chi connectivity index (χ3n) is 6.68. The van der Waals surface area contributed by atoms with Crippen molar-refractivity contribution in [2.24, 2.45) is 0 Å². The van der Waals surface area contributed by atoms with Crippen molar-refractivity contribution in [2.75, 3.05) is 4.90 Å². The Kier molecular flexibility index (Phi) is 8.73. The first-order chi connectivity index (χ1) is 15.6. The van der Waals surface area contributed by atoms with Gasteiger partial charge < -0.3 is 4.90 Å². The van der Waals surface area contributed by atoms with Gasteiger partial charge in [-0.25, -0.2) is 4.98 Å². The second kappa shape index (κ2) is 11.5. The Morgan fingerprint density at radius 1 is 0.750 bits per heavy atom. The van der Waals surface area contributed by atoms with Crippen LogP contribution in [0.15, 0.2) is 59.3 Å². The van der Waals surface area contributed by atoms with E-state index in [1.807, 2.05) is 6.20 Å². The number of aryl methyl sites for hydroxylation is 2. The van der Waals surface area contributed by atoms with Crippen molar-refractivity contribution < 1.29 is 0 Å². The van der Waals surface area contributed by atoms with Crippen LogP contribution in [-0.4, -0.2) is 11.0 Å². The highest BCUT2D eigenvalue weighted by Crippen LogP contribution is 2.46. The van der Waals surface area contributed by atoms with Crippen LogP contribution >= 0.6 is 0 Å². The summed E-state index contributed by atoms with van der Waals surface area (Å²) >= 11 is 0. The Morgan fingerprint density at radius 3 is 2.03 bits per heavy atom. The van der Waals surface area contributed by atoms with Gasteiger partial charge in [-0.1, -0.05) is 83.7 Å². The summed E-state index contributed by atoms with van der Waals surface area (Å²) < 4.78 is 0. The van der Waals surface area contributed by atoms with Gasteiger partial charge in [0.1, 0.15) is 5.82 Å². The molecule has 1 aliphatic rings. The van der Waals surface area contributed by atoms with Gasteiger partial charge in [0.2, 0.25) is 0 Å². The van der Waals surface area contributed by atoms with Crippen molar-refractivity contribution in [3.8, 4) is 0 Å². The molecule has 1 atom stereocenters. The van der Waals surface area contributed by atoms with Crippen molar-refractivity contribution >= 4 is 11.5 Å². The monoisotopic (exact) mass is 430 g/mol. The number of anilines is 1. The predicted molar refractivity (Wildman–Crippen MR) is 140 cm³/mol. The van der Waals surface area contributed by atoms with E-state index in [0.717, 1.165) is 25.1 Å². The first-order valence-electron chi connectivity index (χ1n) is 12.8. The Morgan fingerprint density at radius 2 is 1.41 bits per heavy atom. The van der Waals surface area contributed by atoms with Gasteiger partial charge >= 0.3 is 0 Å². The molecule has 172 valence electrons. The summed E-state index contributed by atoms with van der Waals surface area (Å²) in [5.74, 6) is 1.13. The van der Waals surface area contributed by atoms with E-state index in [1.54, 1.807) is 16.7 Å². The van der Waals surface area contributed by atoms with E-state index in [9.17, 15) is 0 Å². The Balaban J connectivity index is 2.42. The number of pyridine rings is 1. The van der Waals surface area contributed by atoms with E-state index in [1.165, 1.54) is 54.5 Å². The van der Waals surface area contributed by atoms with Crippen LogP contribution in [0.1, 0.15) is 95.8 Å². The summed E-state index contributed by atoms with van der Waals surface area (Å²) in [6, 6.07) is 13.6. The molecule has 0 N–H and O–H groups in total. The van der Waals surface area contributed by atoms with Crippen LogP contribution in [0.4, 0.5) is 5.82 Å². The Hall–Kier alpha value is -2.35. The quantitative estimate of drug-likeness (QED) is 0.374. The van der Waals surface area contributed by atoms with Crippen molar-refractivity contribution in [2.45, 2.75) is 99.0 Å². The highest BCUT2D eigenvalue weighted by Gasteiger charge is 2.36. The van der Waals surface area contributed by atoms with Gasteiger partial charge in [0.15, 0.2) is 0 Å². The van der Waals surface area contributed by atoms with E-state index in [-0.39, 0.29) is 0 Å². The molecule has 1 aromatic carbocycles. The van der Waals surface area contributed by atoms with Crippen molar-refractivity contribution in [3.63, 3.8) is 0 Å². The SMILES string of the molecule is CCCC1=C(CCC)C(CCC)N(c2ncccc2C)C(c2ccccc2C)=C1CCC. The van der Waals surface area contributed by atoms with Crippen LogP contribution in [-0.2, 0) is 0 Å². The molecular weight excluding hydrogens is 388 g/mol. The molecule has 2 aromatic rings. The number of aromatic nitrogens is 1. The van der Waals surface area contributed by atoms with Crippen LogP contribution in [0.25, 0.3) is 5.70 Å². The van der Waals surface area contributed by atoms with Crippen LogP contribution in [0, 0.1) is 13.8 Å². The van der Waals surface area contributed by atoms with Crippen molar-refractivity contribution in [1.29, 1.82) is 0 Å². The molecule has 3 rings (SSSR count). The number of nitrogens with zero attached hydrogens (tertiary/aromatic N) is 2. The average Bonchev–Trinajstić information content (AvgIpc) is 2.79. The van der Waals surface area contributed by atoms with Crippen LogP contribution in [0.5, 0.6) is 0 Å². The maximum absolute atomic E-state index is 4.97. The molecule has 0 amide bonds. The molecule has 32 heavy (non-hydrogen) atoms. The van der Waals surface area contributed by atoms with E-state index >= 15 is 0 Å². The van der Waals surface area contributed by atoms with E-state index < -0.39 is 0 Å². The van der Waals surface area contributed by atoms with Gasteiger partial charge in [-0.15, -0.1) is 0 Å². The van der Waals surface area contributed by atoms with Gasteiger partial charge in [-0.2, -0.15) is 0 Å². The molecule has 1 aliphatic heterocycles. The second-order valence-electron chi connectivity index (χ2n) is 9.21. The van der Waals surface area contributed by atoms with Crippen LogP contribution in [0.3, 0.4) is 0 Å². The van der Waals surface area contributed by atoms with E-state index in [0.29, 0.717) is 6.04 Å². The minimum atomic E-state index is 0.380. The van der Waals surface area contributed by atoms with Gasteiger partial charge in [0, 0.05) is 11.8 Å². The number of hydrogen-bond donors (Lipinski definition) is 0. The summed E-state index contributed by atoms with van der Waals surface area (Å²) in [6.07, 6.45) is 11.3. The lowest BCUT2D eigenvalue weighted by atomic mass is 9.79. The number of rotatable bonds is 10. The van der Waals surface area contributed by atoms with Gasteiger partial charge in [-0.3, -0.25) is 0 Å². The van der Waals surface area contributed by atoms with Crippen molar-refractivity contribution in [1.82, 2.24) is 4.98 Å². The molecule has 1 aromatic heterocycles. The lowest BCUT2D eigenvalue weighted by Gasteiger charge is -2.44. The Bertz CT molecular complexity index is 966. The van der Waals surface area contributed by atoms with Gasteiger partial charge in [0.25, 0.3) is 0 Å². The normalized spacial score (nSPS) is 16.8. The largest absolute Gasteiger partial charge is 0.318 e. The first kappa shape index (κ1) is 24.3. The smallest absolute Gasteiger partial charge is 0.136 e. The fourth-order valence-electron chi connectivity index (χ4n) is 5.35. The predicted octanol–water partition coefficient (Wildman–Crippen LogP) is 8.80. The molecule has 1 unspecified atom stereocenters. The zero-order valence-corrected chi connectivity index (χ0v) is 21.2. The summed E-state index contributed by atoms with van der Waals surface area (Å²) in [7, 11) is 0. The molecule has 0 radical (unpaired) electrons. The molecule has 0 fully saturated rings. The van der Waals surface area contributed by atoms with Crippen molar-refractivity contribution in [3.05, 3.63) is 76.0 Å². The summed E-state index contributed by atoms with van der Waals surface area (Å²) in [5, 5.41) is 0. The molecule has 2 nitrogen and oxygen atoms in total. The van der Waals surface area contributed by atoms with Crippen LogP contribution < -0.4 is 4.90 Å². The summed E-state index contributed by atoms with van der Waals surface area (Å²) in [4.78, 5) is 7.60. The molecule has 2 heterocycles. The number of hydrogen-bond acceptors (Lipinski definition) is 2. The lowest BCUT2D eigenvalue weighted by Crippen LogP contribution is -2.41. The maximum Gasteiger partial charge on any atom is 0.136 e. The fraction of sp³-hybridized carbons (Fsp3) is 0.500. The molecule has 0 saturated heterocycles. The fourth-order valence-corrected chi connectivity index (χ4v) is 5.35. The van der Waals surface area contributed by atoms with E-state index in [2.05, 4.69) is 82.8 Å². The first-order valence-corrected chi connectivity index (χ1v) is 12.8. The van der Waals surface area contributed by atoms with E-state index in [4.69, 9.17) is 4.98 Å². The maximum atomic E-state index is 4.97. The summed E-state index contributed by atoms with van der Waals surface area (Å²) in [6.45, 7) is 13.8. The zero-order chi connectivity index (χ0) is 23.1. The van der Waals surface area contributed by atoms with Crippen LogP contribution in [0.2, 0.25) is 0 Å². The highest BCUT2D eigenvalue weighted by atomic mass is 15.2. The molecule has 0 bridgehead atoms. The molecule has 0 spiro atoms. The number of allylic oxidation sites excluding steroid dienone is 2. The summed E-state index contributed by atoms with van der Waals surface area (Å²) in [5.41, 5.74) is 10.3. The minimum Gasteiger partial charge on any atom is -0.318 e.